The molecule has 1 nitrogen and oxygen atoms in total. The van der Waals surface area contributed by atoms with Crippen LogP contribution in [-0.2, 0) is 0 Å². The highest BCUT2D eigenvalue weighted by molar-refractivity contribution is 6.35. The number of hydrogen-bond acceptors (Lipinski definition) is 0. The molecule has 2 aromatic carbocycles. The maximum atomic E-state index is 6.24. The van der Waals surface area contributed by atoms with Crippen LogP contribution < -0.4 is 0 Å². The van der Waals surface area contributed by atoms with Crippen LogP contribution in [0.25, 0.3) is 10.9 Å². The summed E-state index contributed by atoms with van der Waals surface area (Å²) in [5, 5.41) is 1.89. The van der Waals surface area contributed by atoms with Gasteiger partial charge in [0.05, 0.1) is 11.6 Å². The lowest BCUT2D eigenvalue weighted by molar-refractivity contribution is 0.611. The van der Waals surface area contributed by atoms with Crippen LogP contribution in [0.4, 0.5) is 0 Å². The molecule has 0 bridgehead atoms. The normalized spacial score (nSPS) is 12.7. The van der Waals surface area contributed by atoms with Gasteiger partial charge in [0.15, 0.2) is 0 Å². The second-order valence-corrected chi connectivity index (χ2v) is 5.02. The molecule has 0 saturated heterocycles. The van der Waals surface area contributed by atoms with Gasteiger partial charge in [0.25, 0.3) is 0 Å². The number of nitrogens with zero attached hydrogens (tertiary/aromatic N) is 1. The molecule has 0 spiro atoms. The standard InChI is InChI=1S/C17H15ClN/c1-2-16(13-7-4-3-5-8-13)19-12-11-14-15(18)9-6-10-17(14)19/h3-12,16H,1-2H2/t16-/m0/s1. The zero-order valence-corrected chi connectivity index (χ0v) is 11.3. The van der Waals surface area contributed by atoms with Crippen LogP contribution in [0.3, 0.4) is 0 Å². The molecule has 1 radical (unpaired) electrons. The maximum Gasteiger partial charge on any atom is 0.0585 e. The molecule has 1 aromatic heterocycles. The summed E-state index contributed by atoms with van der Waals surface area (Å²) in [6.07, 6.45) is 2.90. The van der Waals surface area contributed by atoms with E-state index < -0.39 is 0 Å². The van der Waals surface area contributed by atoms with Crippen molar-refractivity contribution in [3.8, 4) is 0 Å². The van der Waals surface area contributed by atoms with E-state index in [0.717, 1.165) is 22.3 Å². The lowest BCUT2D eigenvalue weighted by Crippen LogP contribution is -2.08. The predicted molar refractivity (Wildman–Crippen MR) is 81.5 cm³/mol. The van der Waals surface area contributed by atoms with E-state index in [9.17, 15) is 0 Å². The van der Waals surface area contributed by atoms with E-state index in [1.807, 2.05) is 18.2 Å². The predicted octanol–water partition coefficient (Wildman–Crippen LogP) is 5.11. The van der Waals surface area contributed by atoms with Crippen molar-refractivity contribution in [2.75, 3.05) is 0 Å². The summed E-state index contributed by atoms with van der Waals surface area (Å²) in [5.41, 5.74) is 2.43. The first-order valence-corrected chi connectivity index (χ1v) is 6.78. The van der Waals surface area contributed by atoms with Crippen molar-refractivity contribution in [1.82, 2.24) is 4.57 Å². The SMILES string of the molecule is [CH2]C[C@@H](c1ccccc1)n1ccc2c(Cl)cccc21. The molecule has 0 N–H and O–H groups in total. The van der Waals surface area contributed by atoms with Crippen molar-refractivity contribution >= 4 is 22.5 Å². The first kappa shape index (κ1) is 12.3. The summed E-state index contributed by atoms with van der Waals surface area (Å²) in [5.74, 6) is 0. The first-order chi connectivity index (χ1) is 9.31. The van der Waals surface area contributed by atoms with E-state index in [1.165, 1.54) is 5.56 Å². The van der Waals surface area contributed by atoms with Gasteiger partial charge in [-0.15, -0.1) is 0 Å². The molecule has 1 atom stereocenters. The average Bonchev–Trinajstić information content (AvgIpc) is 2.87. The van der Waals surface area contributed by atoms with Crippen LogP contribution in [0, 0.1) is 6.92 Å². The fraction of sp³-hybridized carbons (Fsp3) is 0.118. The number of halogens is 1. The summed E-state index contributed by atoms with van der Waals surface area (Å²) in [6, 6.07) is 18.8. The van der Waals surface area contributed by atoms with Gasteiger partial charge in [0, 0.05) is 16.6 Å². The maximum absolute atomic E-state index is 6.24. The third-order valence-electron chi connectivity index (χ3n) is 3.50. The minimum absolute atomic E-state index is 0.247. The van der Waals surface area contributed by atoms with Gasteiger partial charge in [-0.2, -0.15) is 0 Å². The fourth-order valence-corrected chi connectivity index (χ4v) is 2.80. The van der Waals surface area contributed by atoms with Gasteiger partial charge in [0.1, 0.15) is 0 Å². The molecular weight excluding hydrogens is 254 g/mol. The molecule has 0 saturated carbocycles. The lowest BCUT2D eigenvalue weighted by Gasteiger charge is -2.19. The summed E-state index contributed by atoms with van der Waals surface area (Å²) in [7, 11) is 0. The molecule has 0 amide bonds. The lowest BCUT2D eigenvalue weighted by atomic mass is 10.0. The van der Waals surface area contributed by atoms with Gasteiger partial charge in [-0.25, -0.2) is 0 Å². The highest BCUT2D eigenvalue weighted by Crippen LogP contribution is 2.30. The van der Waals surface area contributed by atoms with E-state index in [0.29, 0.717) is 0 Å². The monoisotopic (exact) mass is 268 g/mol. The molecule has 0 aliphatic carbocycles. The zero-order chi connectivity index (χ0) is 13.2. The van der Waals surface area contributed by atoms with Crippen LogP contribution in [0.5, 0.6) is 0 Å². The second-order valence-electron chi connectivity index (χ2n) is 4.61. The van der Waals surface area contributed by atoms with E-state index in [2.05, 4.69) is 54.1 Å². The van der Waals surface area contributed by atoms with Crippen LogP contribution >= 0.6 is 11.6 Å². The second kappa shape index (κ2) is 5.10. The molecule has 2 heteroatoms. The number of hydrogen-bond donors (Lipinski definition) is 0. The molecule has 0 aliphatic heterocycles. The van der Waals surface area contributed by atoms with Crippen LogP contribution in [0.15, 0.2) is 60.8 Å². The molecular formula is C17H15ClN. The molecule has 3 aromatic rings. The Morgan fingerprint density at radius 3 is 2.53 bits per heavy atom. The third kappa shape index (κ3) is 2.15. The summed E-state index contributed by atoms with van der Waals surface area (Å²) >= 11 is 6.24. The summed E-state index contributed by atoms with van der Waals surface area (Å²) in [4.78, 5) is 0. The highest BCUT2D eigenvalue weighted by Gasteiger charge is 2.14. The topological polar surface area (TPSA) is 4.93 Å². The molecule has 95 valence electrons. The molecule has 1 heterocycles. The van der Waals surface area contributed by atoms with Crippen molar-refractivity contribution < 1.29 is 0 Å². The van der Waals surface area contributed by atoms with E-state index in [-0.39, 0.29) is 6.04 Å². The summed E-state index contributed by atoms with van der Waals surface area (Å²) < 4.78 is 2.25. The zero-order valence-electron chi connectivity index (χ0n) is 10.6. The number of fused-ring (bicyclic) bond motifs is 1. The van der Waals surface area contributed by atoms with Crippen molar-refractivity contribution in [3.63, 3.8) is 0 Å². The Balaban J connectivity index is 2.15. The highest BCUT2D eigenvalue weighted by atomic mass is 35.5. The van der Waals surface area contributed by atoms with Gasteiger partial charge < -0.3 is 4.57 Å². The minimum atomic E-state index is 0.247. The van der Waals surface area contributed by atoms with Crippen LogP contribution in [0.2, 0.25) is 5.02 Å². The molecule has 0 fully saturated rings. The Labute approximate surface area is 118 Å². The van der Waals surface area contributed by atoms with Gasteiger partial charge in [-0.3, -0.25) is 0 Å². The summed E-state index contributed by atoms with van der Waals surface area (Å²) in [6.45, 7) is 4.09. The van der Waals surface area contributed by atoms with Gasteiger partial charge in [-0.1, -0.05) is 54.9 Å². The Morgan fingerprint density at radius 2 is 1.79 bits per heavy atom. The average molecular weight is 269 g/mol. The Bertz CT molecular complexity index is 685. The van der Waals surface area contributed by atoms with Gasteiger partial charge in [-0.05, 0) is 30.2 Å². The number of benzene rings is 2. The van der Waals surface area contributed by atoms with Crippen molar-refractivity contribution in [2.45, 2.75) is 12.5 Å². The van der Waals surface area contributed by atoms with Gasteiger partial charge >= 0.3 is 0 Å². The van der Waals surface area contributed by atoms with Crippen LogP contribution in [-0.4, -0.2) is 4.57 Å². The fourth-order valence-electron chi connectivity index (χ4n) is 2.56. The Kier molecular flexibility index (Phi) is 3.31. The third-order valence-corrected chi connectivity index (χ3v) is 3.83. The van der Waals surface area contributed by atoms with Gasteiger partial charge in [0.2, 0.25) is 0 Å². The largest absolute Gasteiger partial charge is 0.340 e. The van der Waals surface area contributed by atoms with Crippen molar-refractivity contribution in [3.05, 3.63) is 78.3 Å². The quantitative estimate of drug-likeness (QED) is 0.622. The number of aromatic nitrogens is 1. The Morgan fingerprint density at radius 1 is 1.00 bits per heavy atom. The smallest absolute Gasteiger partial charge is 0.0585 e. The molecule has 19 heavy (non-hydrogen) atoms. The van der Waals surface area contributed by atoms with E-state index in [1.54, 1.807) is 0 Å². The minimum Gasteiger partial charge on any atom is -0.340 e. The molecule has 3 rings (SSSR count). The molecule has 0 aliphatic rings. The van der Waals surface area contributed by atoms with Crippen molar-refractivity contribution in [2.24, 2.45) is 0 Å². The van der Waals surface area contributed by atoms with Crippen LogP contribution in [0.1, 0.15) is 18.0 Å². The van der Waals surface area contributed by atoms with Crippen molar-refractivity contribution in [1.29, 1.82) is 0 Å². The Hall–Kier alpha value is -1.73. The van der Waals surface area contributed by atoms with E-state index in [4.69, 9.17) is 11.6 Å². The molecule has 0 unspecified atom stereocenters. The van der Waals surface area contributed by atoms with E-state index >= 15 is 0 Å². The first-order valence-electron chi connectivity index (χ1n) is 6.40. The number of rotatable bonds is 3.